The predicted octanol–water partition coefficient (Wildman–Crippen LogP) is 3.26. The summed E-state index contributed by atoms with van der Waals surface area (Å²) in [6, 6.07) is 7.69. The Morgan fingerprint density at radius 3 is 2.88 bits per heavy atom. The Kier molecular flexibility index (Phi) is 5.13. The van der Waals surface area contributed by atoms with Gasteiger partial charge in [0.2, 0.25) is 5.88 Å². The van der Waals surface area contributed by atoms with Crippen LogP contribution in [0, 0.1) is 6.92 Å². The van der Waals surface area contributed by atoms with Gasteiger partial charge in [0.05, 0.1) is 24.5 Å². The molecule has 5 nitrogen and oxygen atoms in total. The van der Waals surface area contributed by atoms with Crippen molar-refractivity contribution in [3.63, 3.8) is 0 Å². The highest BCUT2D eigenvalue weighted by Crippen LogP contribution is 2.39. The van der Waals surface area contributed by atoms with Crippen molar-refractivity contribution in [1.29, 1.82) is 0 Å². The Balaban J connectivity index is 1.83. The van der Waals surface area contributed by atoms with Gasteiger partial charge in [-0.2, -0.15) is 5.10 Å². The highest BCUT2D eigenvalue weighted by molar-refractivity contribution is 6.31. The van der Waals surface area contributed by atoms with Crippen LogP contribution in [0.15, 0.2) is 24.3 Å². The molecule has 1 aromatic carbocycles. The summed E-state index contributed by atoms with van der Waals surface area (Å²) < 4.78 is 7.34. The van der Waals surface area contributed by atoms with E-state index in [1.165, 1.54) is 0 Å². The average Bonchev–Trinajstić information content (AvgIpc) is 3.10. The Morgan fingerprint density at radius 1 is 1.42 bits per heavy atom. The number of hydrogen-bond donors (Lipinski definition) is 1. The van der Waals surface area contributed by atoms with Crippen molar-refractivity contribution >= 4 is 11.6 Å². The van der Waals surface area contributed by atoms with E-state index in [4.69, 9.17) is 16.3 Å². The fourth-order valence-corrected chi connectivity index (χ4v) is 3.98. The third-order valence-corrected chi connectivity index (χ3v) is 5.12. The summed E-state index contributed by atoms with van der Waals surface area (Å²) in [6.45, 7) is 3.51. The van der Waals surface area contributed by atoms with E-state index >= 15 is 0 Å². The van der Waals surface area contributed by atoms with Crippen molar-refractivity contribution in [2.45, 2.75) is 31.9 Å². The number of rotatable bonds is 5. The minimum Gasteiger partial charge on any atom is -0.481 e. The van der Waals surface area contributed by atoms with E-state index in [1.807, 2.05) is 38.2 Å². The van der Waals surface area contributed by atoms with E-state index in [1.54, 1.807) is 11.8 Å². The number of halogens is 1. The number of likely N-dealkylation sites (tertiary alicyclic amines) is 1. The third-order valence-electron chi connectivity index (χ3n) is 4.78. The van der Waals surface area contributed by atoms with E-state index in [2.05, 4.69) is 10.00 Å². The average molecular weight is 350 g/mol. The molecule has 1 saturated heterocycles. The number of aromatic nitrogens is 2. The fraction of sp³-hybridized carbons (Fsp3) is 0.500. The van der Waals surface area contributed by atoms with E-state index in [0.717, 1.165) is 42.1 Å². The summed E-state index contributed by atoms with van der Waals surface area (Å²) >= 11 is 6.22. The van der Waals surface area contributed by atoms with Crippen molar-refractivity contribution in [3.05, 3.63) is 46.1 Å². The number of hydrogen-bond acceptors (Lipinski definition) is 4. The Labute approximate surface area is 147 Å². The lowest BCUT2D eigenvalue weighted by molar-refractivity contribution is 0.105. The number of aliphatic hydroxyl groups excluding tert-OH is 1. The molecule has 2 atom stereocenters. The van der Waals surface area contributed by atoms with Crippen LogP contribution in [0.2, 0.25) is 5.02 Å². The zero-order valence-corrected chi connectivity index (χ0v) is 15.1. The molecule has 0 radical (unpaired) electrons. The second-order valence-electron chi connectivity index (χ2n) is 6.32. The molecule has 1 fully saturated rings. The van der Waals surface area contributed by atoms with Crippen molar-refractivity contribution in [1.82, 2.24) is 14.7 Å². The molecule has 2 aromatic rings. The molecule has 2 heterocycles. The molecule has 1 aliphatic rings. The van der Waals surface area contributed by atoms with Crippen molar-refractivity contribution in [3.8, 4) is 5.88 Å². The molecule has 130 valence electrons. The van der Waals surface area contributed by atoms with Gasteiger partial charge < -0.3 is 9.84 Å². The maximum atomic E-state index is 10.6. The maximum absolute atomic E-state index is 10.6. The molecule has 1 aliphatic heterocycles. The number of benzene rings is 1. The van der Waals surface area contributed by atoms with Crippen molar-refractivity contribution in [2.24, 2.45) is 7.05 Å². The van der Waals surface area contributed by atoms with Crippen LogP contribution >= 0.6 is 11.6 Å². The minimum absolute atomic E-state index is 0.214. The van der Waals surface area contributed by atoms with Gasteiger partial charge in [-0.1, -0.05) is 29.8 Å². The first-order valence-corrected chi connectivity index (χ1v) is 8.64. The summed E-state index contributed by atoms with van der Waals surface area (Å²) in [7, 11) is 3.57. The third kappa shape index (κ3) is 3.16. The van der Waals surface area contributed by atoms with Crippen LogP contribution in [0.1, 0.15) is 41.8 Å². The molecule has 1 aromatic heterocycles. The van der Waals surface area contributed by atoms with Gasteiger partial charge in [-0.25, -0.2) is 4.68 Å². The van der Waals surface area contributed by atoms with Crippen LogP contribution in [0.3, 0.4) is 0 Å². The summed E-state index contributed by atoms with van der Waals surface area (Å²) in [5, 5.41) is 15.8. The quantitative estimate of drug-likeness (QED) is 0.900. The summed E-state index contributed by atoms with van der Waals surface area (Å²) in [4.78, 5) is 2.31. The lowest BCUT2D eigenvalue weighted by atomic mass is 10.0. The zero-order chi connectivity index (χ0) is 17.3. The highest BCUT2D eigenvalue weighted by atomic mass is 35.5. The molecule has 6 heteroatoms. The second kappa shape index (κ2) is 7.13. The lowest BCUT2D eigenvalue weighted by Gasteiger charge is -2.27. The van der Waals surface area contributed by atoms with E-state index in [-0.39, 0.29) is 6.04 Å². The molecular weight excluding hydrogens is 326 g/mol. The van der Waals surface area contributed by atoms with Gasteiger partial charge in [0.15, 0.2) is 0 Å². The maximum Gasteiger partial charge on any atom is 0.216 e. The molecule has 0 amide bonds. The number of methoxy groups -OCH3 is 1. The van der Waals surface area contributed by atoms with Gasteiger partial charge in [0.25, 0.3) is 0 Å². The number of β-amino-alcohol motifs (C(OH)–C–C–N with tert-alkyl or cyclic N) is 1. The number of nitrogens with zero attached hydrogens (tertiary/aromatic N) is 3. The SMILES string of the molecule is COc1c([C@H]2CCCN2C[C@@H](O)c2ccccc2Cl)c(C)nn1C. The molecule has 0 aliphatic carbocycles. The summed E-state index contributed by atoms with van der Waals surface area (Å²) in [6.07, 6.45) is 1.53. The normalized spacial score (nSPS) is 19.6. The van der Waals surface area contributed by atoms with E-state index in [0.29, 0.717) is 11.6 Å². The molecule has 0 bridgehead atoms. The number of aliphatic hydroxyl groups is 1. The number of aryl methyl sites for hydroxylation is 2. The Morgan fingerprint density at radius 2 is 2.17 bits per heavy atom. The standard InChI is InChI=1S/C18H24ClN3O2/c1-12-17(18(24-3)21(2)20-12)15-9-6-10-22(15)11-16(23)13-7-4-5-8-14(13)19/h4-5,7-8,15-16,23H,6,9-11H2,1-3H3/t15-,16-/m1/s1. The molecule has 1 N–H and O–H groups in total. The van der Waals surface area contributed by atoms with E-state index in [9.17, 15) is 5.11 Å². The van der Waals surface area contributed by atoms with Gasteiger partial charge in [-0.05, 0) is 32.4 Å². The van der Waals surface area contributed by atoms with Crippen molar-refractivity contribution in [2.75, 3.05) is 20.2 Å². The smallest absolute Gasteiger partial charge is 0.216 e. The lowest BCUT2D eigenvalue weighted by Crippen LogP contribution is -2.29. The fourth-order valence-electron chi connectivity index (χ4n) is 3.72. The first-order chi connectivity index (χ1) is 11.5. The van der Waals surface area contributed by atoms with Crippen LogP contribution < -0.4 is 4.74 Å². The topological polar surface area (TPSA) is 50.5 Å². The van der Waals surface area contributed by atoms with Gasteiger partial charge >= 0.3 is 0 Å². The highest BCUT2D eigenvalue weighted by Gasteiger charge is 2.33. The van der Waals surface area contributed by atoms with Crippen LogP contribution in [0.4, 0.5) is 0 Å². The van der Waals surface area contributed by atoms with E-state index < -0.39 is 6.10 Å². The molecule has 0 unspecified atom stereocenters. The van der Waals surface area contributed by atoms with Gasteiger partial charge in [0.1, 0.15) is 0 Å². The minimum atomic E-state index is -0.609. The van der Waals surface area contributed by atoms with Crippen LogP contribution in [0.25, 0.3) is 0 Å². The van der Waals surface area contributed by atoms with Gasteiger partial charge in [-0.3, -0.25) is 4.90 Å². The Hall–Kier alpha value is -1.56. The largest absolute Gasteiger partial charge is 0.481 e. The van der Waals surface area contributed by atoms with Crippen LogP contribution in [-0.2, 0) is 7.05 Å². The molecule has 0 spiro atoms. The number of ether oxygens (including phenoxy) is 1. The molecule has 3 rings (SSSR count). The van der Waals surface area contributed by atoms with Gasteiger partial charge in [0, 0.05) is 30.2 Å². The predicted molar refractivity (Wildman–Crippen MR) is 94.5 cm³/mol. The van der Waals surface area contributed by atoms with Crippen LogP contribution in [-0.4, -0.2) is 40.0 Å². The summed E-state index contributed by atoms with van der Waals surface area (Å²) in [5.41, 5.74) is 2.89. The molecular formula is C18H24ClN3O2. The Bertz CT molecular complexity index is 716. The monoisotopic (exact) mass is 349 g/mol. The summed E-state index contributed by atoms with van der Waals surface area (Å²) in [5.74, 6) is 0.802. The van der Waals surface area contributed by atoms with Crippen LogP contribution in [0.5, 0.6) is 5.88 Å². The second-order valence-corrected chi connectivity index (χ2v) is 6.73. The molecule has 24 heavy (non-hydrogen) atoms. The first kappa shape index (κ1) is 17.3. The van der Waals surface area contributed by atoms with Gasteiger partial charge in [-0.15, -0.1) is 0 Å². The molecule has 0 saturated carbocycles. The zero-order valence-electron chi connectivity index (χ0n) is 14.4. The first-order valence-electron chi connectivity index (χ1n) is 8.27. The van der Waals surface area contributed by atoms with Crippen molar-refractivity contribution < 1.29 is 9.84 Å².